The molecule has 7 heteroatoms. The van der Waals surface area contributed by atoms with Crippen LogP contribution in [0.25, 0.3) is 5.69 Å². The first-order chi connectivity index (χ1) is 10.5. The molecular weight excluding hydrogens is 323 g/mol. The molecule has 1 amide bonds. The Morgan fingerprint density at radius 2 is 2.14 bits per heavy atom. The van der Waals surface area contributed by atoms with Gasteiger partial charge in [-0.1, -0.05) is 23.2 Å². The van der Waals surface area contributed by atoms with Gasteiger partial charge >= 0.3 is 0 Å². The average Bonchev–Trinajstić information content (AvgIpc) is 2.92. The molecule has 116 valence electrons. The van der Waals surface area contributed by atoms with E-state index in [2.05, 4.69) is 5.10 Å². The summed E-state index contributed by atoms with van der Waals surface area (Å²) in [6, 6.07) is 5.55. The molecule has 5 nitrogen and oxygen atoms in total. The maximum Gasteiger partial charge on any atom is 0.257 e. The first-order valence-corrected chi connectivity index (χ1v) is 7.74. The van der Waals surface area contributed by atoms with Crippen molar-refractivity contribution in [1.29, 1.82) is 0 Å². The fourth-order valence-electron chi connectivity index (χ4n) is 2.55. The smallest absolute Gasteiger partial charge is 0.257 e. The lowest BCUT2D eigenvalue weighted by atomic mass is 9.86. The number of amides is 1. The third kappa shape index (κ3) is 2.84. The molecule has 1 fully saturated rings. The van der Waals surface area contributed by atoms with E-state index in [0.29, 0.717) is 21.3 Å². The molecule has 1 heterocycles. The summed E-state index contributed by atoms with van der Waals surface area (Å²) in [5.74, 6) is -0.0618. The second-order valence-corrected chi connectivity index (χ2v) is 6.41. The summed E-state index contributed by atoms with van der Waals surface area (Å²) in [7, 11) is 1.80. The van der Waals surface area contributed by atoms with Crippen molar-refractivity contribution >= 4 is 29.1 Å². The Morgan fingerprint density at radius 3 is 2.77 bits per heavy atom. The summed E-state index contributed by atoms with van der Waals surface area (Å²) in [4.78, 5) is 14.2. The van der Waals surface area contributed by atoms with Gasteiger partial charge < -0.3 is 10.6 Å². The van der Waals surface area contributed by atoms with Crippen LogP contribution >= 0.6 is 23.2 Å². The molecule has 0 aliphatic heterocycles. The number of hydrogen-bond acceptors (Lipinski definition) is 3. The molecule has 1 aliphatic carbocycles. The van der Waals surface area contributed by atoms with Crippen molar-refractivity contribution in [3.8, 4) is 5.69 Å². The van der Waals surface area contributed by atoms with Crippen LogP contribution < -0.4 is 5.73 Å². The lowest BCUT2D eigenvalue weighted by molar-refractivity contribution is 0.0625. The Morgan fingerprint density at radius 1 is 1.41 bits per heavy atom. The summed E-state index contributed by atoms with van der Waals surface area (Å²) in [6.45, 7) is 0. The maximum atomic E-state index is 12.4. The minimum Gasteiger partial charge on any atom is -0.339 e. The molecule has 1 saturated carbocycles. The van der Waals surface area contributed by atoms with Gasteiger partial charge in [0.25, 0.3) is 5.91 Å². The van der Waals surface area contributed by atoms with E-state index in [9.17, 15) is 4.79 Å². The lowest BCUT2D eigenvalue weighted by Crippen LogP contribution is -2.51. The van der Waals surface area contributed by atoms with Crippen molar-refractivity contribution in [2.75, 3.05) is 7.05 Å². The van der Waals surface area contributed by atoms with Gasteiger partial charge in [0.15, 0.2) is 0 Å². The minimum atomic E-state index is -0.0618. The zero-order chi connectivity index (χ0) is 15.9. The van der Waals surface area contributed by atoms with Crippen LogP contribution in [-0.4, -0.2) is 39.7 Å². The summed E-state index contributed by atoms with van der Waals surface area (Å²) >= 11 is 12.0. The lowest BCUT2D eigenvalue weighted by Gasteiger charge is -2.39. The number of halogens is 2. The molecule has 0 atom stereocenters. The van der Waals surface area contributed by atoms with Gasteiger partial charge in [0.1, 0.15) is 0 Å². The zero-order valence-electron chi connectivity index (χ0n) is 12.0. The van der Waals surface area contributed by atoms with Gasteiger partial charge in [-0.3, -0.25) is 4.79 Å². The molecule has 0 spiro atoms. The monoisotopic (exact) mass is 338 g/mol. The van der Waals surface area contributed by atoms with Crippen molar-refractivity contribution in [2.24, 2.45) is 5.73 Å². The van der Waals surface area contributed by atoms with Crippen LogP contribution in [0.15, 0.2) is 30.6 Å². The van der Waals surface area contributed by atoms with E-state index in [1.54, 1.807) is 47.2 Å². The number of benzene rings is 1. The molecule has 0 unspecified atom stereocenters. The highest BCUT2D eigenvalue weighted by Crippen LogP contribution is 2.26. The quantitative estimate of drug-likeness (QED) is 0.935. The predicted molar refractivity (Wildman–Crippen MR) is 86.7 cm³/mol. The topological polar surface area (TPSA) is 64.2 Å². The van der Waals surface area contributed by atoms with Gasteiger partial charge in [-0.15, -0.1) is 0 Å². The summed E-state index contributed by atoms with van der Waals surface area (Å²) in [5.41, 5.74) is 6.98. The molecule has 0 bridgehead atoms. The van der Waals surface area contributed by atoms with Crippen LogP contribution in [-0.2, 0) is 0 Å². The van der Waals surface area contributed by atoms with E-state index in [1.807, 2.05) is 0 Å². The Hall–Kier alpha value is -1.56. The number of aromatic nitrogens is 2. The highest BCUT2D eigenvalue weighted by Gasteiger charge is 2.32. The van der Waals surface area contributed by atoms with Gasteiger partial charge in [-0.05, 0) is 31.0 Å². The standard InChI is InChI=1S/C15H16Cl2N4O/c1-20(12-5-11(18)6-12)15(22)9-7-19-21(8-9)14-3-2-10(16)4-13(14)17/h2-4,7-8,11-12H,5-6,18H2,1H3. The van der Waals surface area contributed by atoms with E-state index < -0.39 is 0 Å². The fraction of sp³-hybridized carbons (Fsp3) is 0.333. The molecule has 1 aromatic heterocycles. The molecule has 1 aromatic carbocycles. The fourth-order valence-corrected chi connectivity index (χ4v) is 3.04. The van der Waals surface area contributed by atoms with Crippen LogP contribution in [0.4, 0.5) is 0 Å². The third-order valence-corrected chi connectivity index (χ3v) is 4.54. The average molecular weight is 339 g/mol. The van der Waals surface area contributed by atoms with Gasteiger partial charge in [-0.2, -0.15) is 5.10 Å². The van der Waals surface area contributed by atoms with Gasteiger partial charge in [0, 0.05) is 30.4 Å². The van der Waals surface area contributed by atoms with Crippen molar-refractivity contribution in [3.05, 3.63) is 46.2 Å². The Labute approximate surface area is 138 Å². The number of nitrogens with zero attached hydrogens (tertiary/aromatic N) is 3. The second-order valence-electron chi connectivity index (χ2n) is 5.57. The van der Waals surface area contributed by atoms with Gasteiger partial charge in [-0.25, -0.2) is 4.68 Å². The van der Waals surface area contributed by atoms with Crippen LogP contribution in [0.3, 0.4) is 0 Å². The number of carbonyl (C=O) groups is 1. The summed E-state index contributed by atoms with van der Waals surface area (Å²) < 4.78 is 1.58. The second kappa shape index (κ2) is 5.91. The van der Waals surface area contributed by atoms with E-state index in [0.717, 1.165) is 12.8 Å². The minimum absolute atomic E-state index is 0.0618. The number of hydrogen-bond donors (Lipinski definition) is 1. The molecule has 3 rings (SSSR count). The number of rotatable bonds is 3. The molecule has 0 radical (unpaired) electrons. The first-order valence-electron chi connectivity index (χ1n) is 6.98. The molecule has 22 heavy (non-hydrogen) atoms. The van der Waals surface area contributed by atoms with Crippen LogP contribution in [0.1, 0.15) is 23.2 Å². The van der Waals surface area contributed by atoms with Crippen molar-refractivity contribution in [2.45, 2.75) is 24.9 Å². The first kappa shape index (κ1) is 15.3. The molecule has 0 saturated heterocycles. The normalized spacial score (nSPS) is 20.5. The van der Waals surface area contributed by atoms with Crippen molar-refractivity contribution in [1.82, 2.24) is 14.7 Å². The van der Waals surface area contributed by atoms with Crippen LogP contribution in [0.2, 0.25) is 10.0 Å². The molecule has 2 N–H and O–H groups in total. The van der Waals surface area contributed by atoms with Crippen LogP contribution in [0.5, 0.6) is 0 Å². The van der Waals surface area contributed by atoms with Gasteiger partial charge in [0.2, 0.25) is 0 Å². The van der Waals surface area contributed by atoms with E-state index in [4.69, 9.17) is 28.9 Å². The van der Waals surface area contributed by atoms with E-state index in [1.165, 1.54) is 0 Å². The Kier molecular flexibility index (Phi) is 4.12. The largest absolute Gasteiger partial charge is 0.339 e. The third-order valence-electron chi connectivity index (χ3n) is 4.00. The molecule has 1 aliphatic rings. The Bertz CT molecular complexity index is 709. The number of carbonyl (C=O) groups excluding carboxylic acids is 1. The molecular formula is C15H16Cl2N4O. The predicted octanol–water partition coefficient (Wildman–Crippen LogP) is 2.74. The SMILES string of the molecule is CN(C(=O)c1cnn(-c2ccc(Cl)cc2Cl)c1)C1CC(N)C1. The van der Waals surface area contributed by atoms with Crippen molar-refractivity contribution in [3.63, 3.8) is 0 Å². The van der Waals surface area contributed by atoms with E-state index in [-0.39, 0.29) is 18.0 Å². The van der Waals surface area contributed by atoms with Gasteiger partial charge in [0.05, 0.1) is 22.5 Å². The Balaban J connectivity index is 1.80. The summed E-state index contributed by atoms with van der Waals surface area (Å²) in [6.07, 6.45) is 4.91. The highest BCUT2D eigenvalue weighted by atomic mass is 35.5. The van der Waals surface area contributed by atoms with E-state index >= 15 is 0 Å². The maximum absolute atomic E-state index is 12.4. The molecule has 2 aromatic rings. The van der Waals surface area contributed by atoms with Crippen molar-refractivity contribution < 1.29 is 4.79 Å². The highest BCUT2D eigenvalue weighted by molar-refractivity contribution is 6.35. The summed E-state index contributed by atoms with van der Waals surface area (Å²) in [5, 5.41) is 5.25. The van der Waals surface area contributed by atoms with Crippen LogP contribution in [0, 0.1) is 0 Å². The zero-order valence-corrected chi connectivity index (χ0v) is 13.6. The number of nitrogens with two attached hydrogens (primary N) is 1.